The minimum Gasteiger partial charge on any atom is -0.497 e. The van der Waals surface area contributed by atoms with Crippen LogP contribution in [-0.4, -0.2) is 67.5 Å². The minimum atomic E-state index is -5.08. The van der Waals surface area contributed by atoms with Crippen molar-refractivity contribution in [2.75, 3.05) is 27.2 Å². The van der Waals surface area contributed by atoms with Gasteiger partial charge in [0.05, 0.1) is 25.7 Å². The maximum absolute atomic E-state index is 11.4. The number of fused-ring (bicyclic) bond motifs is 1. The highest BCUT2D eigenvalue weighted by atomic mass is 19.4. The highest BCUT2D eigenvalue weighted by molar-refractivity contribution is 5.76. The fraction of sp³-hybridized carbons (Fsp3) is 0.579. The maximum atomic E-state index is 11.4. The number of alkyl halides is 3. The quantitative estimate of drug-likeness (QED) is 0.761. The first kappa shape index (κ1) is 23.0. The molecule has 10 heteroatoms. The SMILES string of the molecule is CNC(=O)C[C@@H]1C[C@H]2CN(Cc3cccc(OC)c3)C[C@H]2O1.O=C(O)C(F)(F)F. The summed E-state index contributed by atoms with van der Waals surface area (Å²) in [5.74, 6) is -1.23. The normalized spacial score (nSPS) is 23.7. The number of nitrogens with zero attached hydrogens (tertiary/aromatic N) is 1. The molecular weight excluding hydrogens is 393 g/mol. The molecule has 0 aromatic heterocycles. The largest absolute Gasteiger partial charge is 0.497 e. The number of ether oxygens (including phenoxy) is 2. The number of rotatable bonds is 5. The molecule has 2 heterocycles. The van der Waals surface area contributed by atoms with E-state index in [1.54, 1.807) is 14.2 Å². The standard InChI is InChI=1S/C17H24N2O3.C2HF3O2/c1-18-17(20)8-15-7-13-10-19(11-16(13)22-15)9-12-4-3-5-14(6-12)21-2;3-2(4,5)1(6)7/h3-6,13,15-16H,7-11H2,1-2H3,(H,18,20);(H,6,7)/t13-,15-,16+;/m0./s1. The molecule has 0 radical (unpaired) electrons. The van der Waals surface area contributed by atoms with E-state index in [9.17, 15) is 18.0 Å². The fourth-order valence-electron chi connectivity index (χ4n) is 3.55. The molecule has 0 aliphatic carbocycles. The van der Waals surface area contributed by atoms with Crippen molar-refractivity contribution in [1.82, 2.24) is 10.2 Å². The van der Waals surface area contributed by atoms with Crippen molar-refractivity contribution in [2.24, 2.45) is 5.92 Å². The van der Waals surface area contributed by atoms with Crippen molar-refractivity contribution < 1.29 is 37.3 Å². The molecule has 2 fully saturated rings. The van der Waals surface area contributed by atoms with E-state index in [4.69, 9.17) is 19.4 Å². The second-order valence-electron chi connectivity index (χ2n) is 7.02. The van der Waals surface area contributed by atoms with Gasteiger partial charge < -0.3 is 19.9 Å². The van der Waals surface area contributed by atoms with Crippen LogP contribution in [0.5, 0.6) is 5.75 Å². The first-order chi connectivity index (χ1) is 13.6. The molecule has 2 saturated heterocycles. The molecule has 2 N–H and O–H groups in total. The summed E-state index contributed by atoms with van der Waals surface area (Å²) in [7, 11) is 3.37. The van der Waals surface area contributed by atoms with Gasteiger partial charge in [0.1, 0.15) is 5.75 Å². The zero-order chi connectivity index (χ0) is 21.6. The molecule has 3 atom stereocenters. The van der Waals surface area contributed by atoms with E-state index in [0.717, 1.165) is 31.8 Å². The number of carboxylic acids is 1. The summed E-state index contributed by atoms with van der Waals surface area (Å²) in [4.78, 5) is 22.8. The molecule has 1 aromatic rings. The average Bonchev–Trinajstić information content (AvgIpc) is 3.19. The van der Waals surface area contributed by atoms with Crippen molar-refractivity contribution in [3.8, 4) is 5.75 Å². The van der Waals surface area contributed by atoms with Gasteiger partial charge in [-0.2, -0.15) is 13.2 Å². The summed E-state index contributed by atoms with van der Waals surface area (Å²) < 4.78 is 43.1. The Morgan fingerprint density at radius 2 is 2.03 bits per heavy atom. The lowest BCUT2D eigenvalue weighted by Crippen LogP contribution is -2.28. The number of halogens is 3. The Balaban J connectivity index is 0.000000370. The Morgan fingerprint density at radius 3 is 2.59 bits per heavy atom. The summed E-state index contributed by atoms with van der Waals surface area (Å²) in [5, 5.41) is 9.79. The van der Waals surface area contributed by atoms with Gasteiger partial charge in [-0.25, -0.2) is 4.79 Å². The average molecular weight is 418 g/mol. The Hall–Kier alpha value is -2.33. The molecule has 1 aromatic carbocycles. The van der Waals surface area contributed by atoms with Gasteiger partial charge in [0.2, 0.25) is 5.91 Å². The number of aliphatic carboxylic acids is 1. The molecule has 162 valence electrons. The van der Waals surface area contributed by atoms with Crippen LogP contribution < -0.4 is 10.1 Å². The minimum absolute atomic E-state index is 0.0678. The second-order valence-corrected chi connectivity index (χ2v) is 7.02. The first-order valence-electron chi connectivity index (χ1n) is 9.13. The third-order valence-electron chi connectivity index (χ3n) is 4.86. The number of methoxy groups -OCH3 is 1. The molecule has 2 aliphatic heterocycles. The highest BCUT2D eigenvalue weighted by Gasteiger charge is 2.42. The fourth-order valence-corrected chi connectivity index (χ4v) is 3.55. The number of carbonyl (C=O) groups is 2. The van der Waals surface area contributed by atoms with Gasteiger partial charge in [0.15, 0.2) is 0 Å². The predicted octanol–water partition coefficient (Wildman–Crippen LogP) is 2.05. The first-order valence-corrected chi connectivity index (χ1v) is 9.13. The van der Waals surface area contributed by atoms with Crippen LogP contribution in [0.2, 0.25) is 0 Å². The topological polar surface area (TPSA) is 88.1 Å². The Labute approximate surface area is 166 Å². The lowest BCUT2D eigenvalue weighted by atomic mass is 10.0. The number of nitrogens with one attached hydrogen (secondary N) is 1. The van der Waals surface area contributed by atoms with Crippen LogP contribution in [0.15, 0.2) is 24.3 Å². The predicted molar refractivity (Wildman–Crippen MR) is 97.4 cm³/mol. The lowest BCUT2D eigenvalue weighted by Gasteiger charge is -2.19. The molecule has 0 spiro atoms. The summed E-state index contributed by atoms with van der Waals surface area (Å²) >= 11 is 0. The lowest BCUT2D eigenvalue weighted by molar-refractivity contribution is -0.192. The molecule has 1 amide bonds. The van der Waals surface area contributed by atoms with E-state index in [1.165, 1.54) is 5.56 Å². The Bertz CT molecular complexity index is 699. The van der Waals surface area contributed by atoms with E-state index in [-0.39, 0.29) is 18.1 Å². The zero-order valence-electron chi connectivity index (χ0n) is 16.2. The highest BCUT2D eigenvalue weighted by Crippen LogP contribution is 2.35. The van der Waals surface area contributed by atoms with Gasteiger partial charge >= 0.3 is 12.1 Å². The van der Waals surface area contributed by atoms with Gasteiger partial charge in [0.25, 0.3) is 0 Å². The molecule has 7 nitrogen and oxygen atoms in total. The van der Waals surface area contributed by atoms with Crippen molar-refractivity contribution in [1.29, 1.82) is 0 Å². The second kappa shape index (κ2) is 9.93. The molecule has 0 bridgehead atoms. The van der Waals surface area contributed by atoms with Gasteiger partial charge in [-0.15, -0.1) is 0 Å². The molecule has 0 saturated carbocycles. The number of carbonyl (C=O) groups excluding carboxylic acids is 1. The summed E-state index contributed by atoms with van der Waals surface area (Å²) in [6.07, 6.45) is -3.24. The van der Waals surface area contributed by atoms with Crippen LogP contribution in [-0.2, 0) is 20.9 Å². The van der Waals surface area contributed by atoms with Crippen molar-refractivity contribution in [2.45, 2.75) is 37.8 Å². The molecular formula is C19H25F3N2O5. The summed E-state index contributed by atoms with van der Waals surface area (Å²) in [5.41, 5.74) is 1.27. The number of likely N-dealkylation sites (tertiary alicyclic amines) is 1. The van der Waals surface area contributed by atoms with E-state index < -0.39 is 12.1 Å². The van der Waals surface area contributed by atoms with Crippen LogP contribution in [0.3, 0.4) is 0 Å². The van der Waals surface area contributed by atoms with E-state index in [0.29, 0.717) is 12.3 Å². The number of hydrogen-bond acceptors (Lipinski definition) is 5. The van der Waals surface area contributed by atoms with Gasteiger partial charge in [-0.1, -0.05) is 12.1 Å². The van der Waals surface area contributed by atoms with Crippen molar-refractivity contribution >= 4 is 11.9 Å². The van der Waals surface area contributed by atoms with E-state index in [1.807, 2.05) is 12.1 Å². The number of carboxylic acid groups (broad SMARTS) is 1. The monoisotopic (exact) mass is 418 g/mol. The van der Waals surface area contributed by atoms with Gasteiger partial charge in [-0.05, 0) is 24.1 Å². The summed E-state index contributed by atoms with van der Waals surface area (Å²) in [6, 6.07) is 8.21. The van der Waals surface area contributed by atoms with E-state index >= 15 is 0 Å². The van der Waals surface area contributed by atoms with Gasteiger partial charge in [0, 0.05) is 32.6 Å². The van der Waals surface area contributed by atoms with Crippen LogP contribution in [0, 0.1) is 5.92 Å². The smallest absolute Gasteiger partial charge is 0.490 e. The van der Waals surface area contributed by atoms with Gasteiger partial charge in [-0.3, -0.25) is 9.69 Å². The van der Waals surface area contributed by atoms with E-state index in [2.05, 4.69) is 22.3 Å². The number of benzene rings is 1. The molecule has 3 rings (SSSR count). The Kier molecular flexibility index (Phi) is 7.86. The van der Waals surface area contributed by atoms with Crippen molar-refractivity contribution in [3.05, 3.63) is 29.8 Å². The van der Waals surface area contributed by atoms with Crippen LogP contribution in [0.1, 0.15) is 18.4 Å². The molecule has 2 aliphatic rings. The molecule has 29 heavy (non-hydrogen) atoms. The Morgan fingerprint density at radius 1 is 1.34 bits per heavy atom. The van der Waals surface area contributed by atoms with Crippen LogP contribution >= 0.6 is 0 Å². The zero-order valence-corrected chi connectivity index (χ0v) is 16.2. The van der Waals surface area contributed by atoms with Crippen LogP contribution in [0.25, 0.3) is 0 Å². The number of hydrogen-bond donors (Lipinski definition) is 2. The third kappa shape index (κ3) is 6.90. The summed E-state index contributed by atoms with van der Waals surface area (Å²) in [6.45, 7) is 2.92. The van der Waals surface area contributed by atoms with Crippen LogP contribution in [0.4, 0.5) is 13.2 Å². The maximum Gasteiger partial charge on any atom is 0.490 e. The molecule has 0 unspecified atom stereocenters. The number of amides is 1. The van der Waals surface area contributed by atoms with Crippen molar-refractivity contribution in [3.63, 3.8) is 0 Å². The third-order valence-corrected chi connectivity index (χ3v) is 4.86.